The van der Waals surface area contributed by atoms with Gasteiger partial charge >= 0.3 is 5.97 Å². The third-order valence-electron chi connectivity index (χ3n) is 3.41. The van der Waals surface area contributed by atoms with Crippen molar-refractivity contribution in [3.05, 3.63) is 24.3 Å². The van der Waals surface area contributed by atoms with E-state index in [4.69, 9.17) is 5.11 Å². The molecule has 0 rings (SSSR count). The van der Waals surface area contributed by atoms with Gasteiger partial charge < -0.3 is 10.2 Å². The molecule has 0 aliphatic heterocycles. The molecule has 0 saturated carbocycles. The van der Waals surface area contributed by atoms with Gasteiger partial charge in [0.2, 0.25) is 0 Å². The topological polar surface area (TPSA) is 57.5 Å². The predicted molar refractivity (Wildman–Crippen MR) is 88.4 cm³/mol. The number of aliphatic hydroxyl groups is 1. The number of carboxylic acids is 1. The summed E-state index contributed by atoms with van der Waals surface area (Å²) >= 11 is 0. The maximum Gasteiger partial charge on any atom is 0.303 e. The van der Waals surface area contributed by atoms with Crippen LogP contribution in [0.5, 0.6) is 0 Å². The summed E-state index contributed by atoms with van der Waals surface area (Å²) in [5, 5.41) is 18.3. The summed E-state index contributed by atoms with van der Waals surface area (Å²) in [7, 11) is 0. The maximum atomic E-state index is 10.3. The van der Waals surface area contributed by atoms with Crippen molar-refractivity contribution < 1.29 is 15.0 Å². The predicted octanol–water partition coefficient (Wildman–Crippen LogP) is 4.86. The summed E-state index contributed by atoms with van der Waals surface area (Å²) in [4.78, 5) is 10.3. The maximum absolute atomic E-state index is 10.3. The molecular weight excluding hydrogens is 264 g/mol. The summed E-state index contributed by atoms with van der Waals surface area (Å²) < 4.78 is 0. The van der Waals surface area contributed by atoms with Crippen LogP contribution in [-0.2, 0) is 4.79 Å². The smallest absolute Gasteiger partial charge is 0.303 e. The van der Waals surface area contributed by atoms with Crippen molar-refractivity contribution in [2.45, 2.75) is 83.7 Å². The molecule has 122 valence electrons. The van der Waals surface area contributed by atoms with E-state index in [1.165, 1.54) is 19.3 Å². The van der Waals surface area contributed by atoms with Crippen LogP contribution in [0.15, 0.2) is 24.3 Å². The van der Waals surface area contributed by atoms with Crippen LogP contribution >= 0.6 is 0 Å². The number of carbonyl (C=O) groups is 1. The van der Waals surface area contributed by atoms with E-state index in [-0.39, 0.29) is 12.5 Å². The van der Waals surface area contributed by atoms with Crippen LogP contribution in [0.3, 0.4) is 0 Å². The first kappa shape index (κ1) is 19.9. The zero-order valence-corrected chi connectivity index (χ0v) is 13.5. The third-order valence-corrected chi connectivity index (χ3v) is 3.41. The lowest BCUT2D eigenvalue weighted by atomic mass is 10.1. The second-order valence-corrected chi connectivity index (χ2v) is 5.55. The highest BCUT2D eigenvalue weighted by Gasteiger charge is 2.00. The molecule has 1 unspecified atom stereocenters. The standard InChI is InChI=1S/C18H32O3/c1-2-3-4-5-6-7-8-11-14-17(19)15-12-9-10-13-16-18(20)21/h6-7,11,14,17,19H,2-5,8-10,12-13,15-16H2,1H3,(H,20,21)/b7-6-,14-11-. The molecule has 0 spiro atoms. The first-order valence-corrected chi connectivity index (χ1v) is 8.38. The number of rotatable bonds is 14. The Morgan fingerprint density at radius 2 is 1.76 bits per heavy atom. The van der Waals surface area contributed by atoms with Gasteiger partial charge in [-0.25, -0.2) is 0 Å². The van der Waals surface area contributed by atoms with E-state index in [9.17, 15) is 9.90 Å². The Bertz CT molecular complexity index is 295. The molecule has 0 bridgehead atoms. The van der Waals surface area contributed by atoms with Crippen molar-refractivity contribution in [3.63, 3.8) is 0 Å². The fraction of sp³-hybridized carbons (Fsp3) is 0.722. The fourth-order valence-electron chi connectivity index (χ4n) is 2.12. The molecule has 3 nitrogen and oxygen atoms in total. The van der Waals surface area contributed by atoms with Gasteiger partial charge in [0, 0.05) is 6.42 Å². The summed E-state index contributed by atoms with van der Waals surface area (Å²) in [5.41, 5.74) is 0. The zero-order chi connectivity index (χ0) is 15.8. The molecule has 0 aromatic carbocycles. The molecule has 0 amide bonds. The van der Waals surface area contributed by atoms with Crippen molar-refractivity contribution >= 4 is 5.97 Å². The monoisotopic (exact) mass is 296 g/mol. The van der Waals surface area contributed by atoms with Gasteiger partial charge in [0.15, 0.2) is 0 Å². The van der Waals surface area contributed by atoms with Crippen LogP contribution in [-0.4, -0.2) is 22.3 Å². The van der Waals surface area contributed by atoms with Crippen LogP contribution in [0.4, 0.5) is 0 Å². The van der Waals surface area contributed by atoms with Crippen LogP contribution in [0, 0.1) is 0 Å². The molecule has 0 radical (unpaired) electrons. The minimum Gasteiger partial charge on any atom is -0.481 e. The molecule has 0 saturated heterocycles. The van der Waals surface area contributed by atoms with Gasteiger partial charge in [-0.2, -0.15) is 0 Å². The minimum atomic E-state index is -0.722. The molecule has 0 aromatic rings. The van der Waals surface area contributed by atoms with Gasteiger partial charge in [-0.1, -0.05) is 63.3 Å². The van der Waals surface area contributed by atoms with E-state index in [1.807, 2.05) is 12.2 Å². The second-order valence-electron chi connectivity index (χ2n) is 5.55. The summed E-state index contributed by atoms with van der Waals surface area (Å²) in [6, 6.07) is 0. The number of aliphatic hydroxyl groups excluding tert-OH is 1. The van der Waals surface area contributed by atoms with E-state index in [2.05, 4.69) is 19.1 Å². The number of hydrogen-bond donors (Lipinski definition) is 2. The molecule has 3 heteroatoms. The van der Waals surface area contributed by atoms with Gasteiger partial charge in [-0.3, -0.25) is 4.79 Å². The fourth-order valence-corrected chi connectivity index (χ4v) is 2.12. The van der Waals surface area contributed by atoms with E-state index in [1.54, 1.807) is 0 Å². The van der Waals surface area contributed by atoms with Gasteiger partial charge in [0.05, 0.1) is 6.10 Å². The normalized spacial score (nSPS) is 13.2. The first-order valence-electron chi connectivity index (χ1n) is 8.38. The Morgan fingerprint density at radius 1 is 1.00 bits per heavy atom. The Labute approximate surface area is 129 Å². The van der Waals surface area contributed by atoms with Gasteiger partial charge in [-0.05, 0) is 32.1 Å². The Balaban J connectivity index is 3.41. The van der Waals surface area contributed by atoms with Crippen molar-refractivity contribution in [1.82, 2.24) is 0 Å². The molecule has 2 N–H and O–H groups in total. The lowest BCUT2D eigenvalue weighted by Gasteiger charge is -2.04. The third kappa shape index (κ3) is 16.9. The van der Waals surface area contributed by atoms with Crippen molar-refractivity contribution in [2.24, 2.45) is 0 Å². The zero-order valence-electron chi connectivity index (χ0n) is 13.5. The van der Waals surface area contributed by atoms with E-state index >= 15 is 0 Å². The lowest BCUT2D eigenvalue weighted by molar-refractivity contribution is -0.137. The number of allylic oxidation sites excluding steroid dienone is 3. The SMILES string of the molecule is CCCCC/C=C\C/C=C\C(O)CCCCCCC(=O)O. The van der Waals surface area contributed by atoms with E-state index < -0.39 is 5.97 Å². The molecular formula is C18H32O3. The number of carboxylic acid groups (broad SMARTS) is 1. The Kier molecular flexibility index (Phi) is 14.5. The van der Waals surface area contributed by atoms with Gasteiger partial charge in [0.25, 0.3) is 0 Å². The van der Waals surface area contributed by atoms with Crippen LogP contribution < -0.4 is 0 Å². The molecule has 1 atom stereocenters. The average Bonchev–Trinajstić information content (AvgIpc) is 2.45. The van der Waals surface area contributed by atoms with Gasteiger partial charge in [0.1, 0.15) is 0 Å². The Hall–Kier alpha value is -1.09. The number of unbranched alkanes of at least 4 members (excludes halogenated alkanes) is 6. The Morgan fingerprint density at radius 3 is 2.48 bits per heavy atom. The quantitative estimate of drug-likeness (QED) is 0.355. The summed E-state index contributed by atoms with van der Waals surface area (Å²) in [6.45, 7) is 2.21. The number of aliphatic carboxylic acids is 1. The number of hydrogen-bond acceptors (Lipinski definition) is 2. The first-order chi connectivity index (χ1) is 10.2. The van der Waals surface area contributed by atoms with Crippen molar-refractivity contribution in [3.8, 4) is 0 Å². The highest BCUT2D eigenvalue weighted by molar-refractivity contribution is 5.66. The van der Waals surface area contributed by atoms with Crippen molar-refractivity contribution in [2.75, 3.05) is 0 Å². The van der Waals surface area contributed by atoms with E-state index in [0.717, 1.165) is 44.9 Å². The molecule has 21 heavy (non-hydrogen) atoms. The molecule has 0 heterocycles. The average molecular weight is 296 g/mol. The van der Waals surface area contributed by atoms with Gasteiger partial charge in [-0.15, -0.1) is 0 Å². The molecule has 0 fully saturated rings. The van der Waals surface area contributed by atoms with Crippen LogP contribution in [0.1, 0.15) is 77.6 Å². The van der Waals surface area contributed by atoms with Crippen molar-refractivity contribution in [1.29, 1.82) is 0 Å². The van der Waals surface area contributed by atoms with Crippen LogP contribution in [0.25, 0.3) is 0 Å². The summed E-state index contributed by atoms with van der Waals surface area (Å²) in [5.74, 6) is -0.722. The summed E-state index contributed by atoms with van der Waals surface area (Å²) in [6.07, 6.45) is 18.4. The molecule has 0 aliphatic carbocycles. The highest BCUT2D eigenvalue weighted by Crippen LogP contribution is 2.08. The molecule has 0 aromatic heterocycles. The highest BCUT2D eigenvalue weighted by atomic mass is 16.4. The minimum absolute atomic E-state index is 0.257. The van der Waals surface area contributed by atoms with Crippen LogP contribution in [0.2, 0.25) is 0 Å². The lowest BCUT2D eigenvalue weighted by Crippen LogP contribution is -2.01. The second kappa shape index (κ2) is 15.3. The van der Waals surface area contributed by atoms with E-state index in [0.29, 0.717) is 0 Å². The largest absolute Gasteiger partial charge is 0.481 e. The molecule has 0 aliphatic rings.